The van der Waals surface area contributed by atoms with Crippen LogP contribution in [0.2, 0.25) is 0 Å². The van der Waals surface area contributed by atoms with Crippen LogP contribution in [0.4, 0.5) is 0 Å². The summed E-state index contributed by atoms with van der Waals surface area (Å²) in [5.74, 6) is 0. The molecule has 1 aromatic carbocycles. The molecule has 0 aliphatic rings. The Bertz CT molecular complexity index is 582. The predicted molar refractivity (Wildman–Crippen MR) is 80.8 cm³/mol. The Kier molecular flexibility index (Phi) is 3.56. The highest BCUT2D eigenvalue weighted by Crippen LogP contribution is 2.27. The summed E-state index contributed by atoms with van der Waals surface area (Å²) in [5.41, 5.74) is 2.26. The molecule has 1 heterocycles. The molecule has 3 nitrogen and oxygen atoms in total. The van der Waals surface area contributed by atoms with E-state index in [0.717, 1.165) is 21.1 Å². The Morgan fingerprint density at radius 1 is 1.28 bits per heavy atom. The third-order valence-corrected chi connectivity index (χ3v) is 3.63. The summed E-state index contributed by atoms with van der Waals surface area (Å²) < 4.78 is 2.94. The van der Waals surface area contributed by atoms with Gasteiger partial charge in [0, 0.05) is 15.3 Å². The van der Waals surface area contributed by atoms with Gasteiger partial charge in [0.1, 0.15) is 5.69 Å². The van der Waals surface area contributed by atoms with E-state index in [4.69, 9.17) is 0 Å². The molecule has 94 valence electrons. The van der Waals surface area contributed by atoms with Crippen LogP contribution in [-0.4, -0.2) is 16.1 Å². The molecule has 0 amide bonds. The van der Waals surface area contributed by atoms with Gasteiger partial charge in [-0.15, -0.1) is 0 Å². The molecular weight excluding hydrogens is 339 g/mol. The molecule has 2 rings (SSSR count). The molecule has 0 saturated carbocycles. The molecule has 4 heteroatoms. The Balaban J connectivity index is 2.61. The molecule has 18 heavy (non-hydrogen) atoms. The van der Waals surface area contributed by atoms with Crippen molar-refractivity contribution in [2.75, 3.05) is 0 Å². The summed E-state index contributed by atoms with van der Waals surface area (Å²) in [6.07, 6.45) is 2.68. The molecule has 0 fully saturated rings. The van der Waals surface area contributed by atoms with Gasteiger partial charge in [0.15, 0.2) is 6.29 Å². The molecule has 0 bridgehead atoms. The fraction of sp³-hybridized carbons (Fsp3) is 0.286. The van der Waals surface area contributed by atoms with Crippen LogP contribution in [0.25, 0.3) is 11.3 Å². The minimum atomic E-state index is -0.129. The van der Waals surface area contributed by atoms with Crippen molar-refractivity contribution in [3.8, 4) is 11.3 Å². The van der Waals surface area contributed by atoms with Crippen LogP contribution in [-0.2, 0) is 5.54 Å². The molecule has 0 aliphatic heterocycles. The monoisotopic (exact) mass is 354 g/mol. The van der Waals surface area contributed by atoms with E-state index in [1.54, 1.807) is 0 Å². The van der Waals surface area contributed by atoms with Crippen molar-refractivity contribution >= 4 is 28.9 Å². The first-order chi connectivity index (χ1) is 8.43. The molecular formula is C14H15IN2O. The van der Waals surface area contributed by atoms with Crippen molar-refractivity contribution in [1.29, 1.82) is 0 Å². The van der Waals surface area contributed by atoms with Gasteiger partial charge in [-0.25, -0.2) is 0 Å². The lowest BCUT2D eigenvalue weighted by molar-refractivity contribution is 0.112. The lowest BCUT2D eigenvalue weighted by Crippen LogP contribution is -2.22. The number of carbonyl (C=O) groups is 1. The maximum Gasteiger partial charge on any atom is 0.153 e. The fourth-order valence-electron chi connectivity index (χ4n) is 1.68. The van der Waals surface area contributed by atoms with Gasteiger partial charge in [0.2, 0.25) is 0 Å². The molecule has 0 atom stereocenters. The van der Waals surface area contributed by atoms with Gasteiger partial charge < -0.3 is 0 Å². The first-order valence-electron chi connectivity index (χ1n) is 5.73. The summed E-state index contributed by atoms with van der Waals surface area (Å²) in [6, 6.07) is 7.94. The van der Waals surface area contributed by atoms with Gasteiger partial charge in [-0.1, -0.05) is 18.2 Å². The summed E-state index contributed by atoms with van der Waals surface area (Å²) in [4.78, 5) is 11.2. The van der Waals surface area contributed by atoms with Crippen molar-refractivity contribution in [1.82, 2.24) is 9.78 Å². The van der Waals surface area contributed by atoms with Crippen LogP contribution in [0.3, 0.4) is 0 Å². The third kappa shape index (κ3) is 2.48. The number of aldehydes is 1. The molecule has 0 saturated heterocycles. The normalized spacial score (nSPS) is 11.6. The molecule has 0 unspecified atom stereocenters. The molecule has 0 N–H and O–H groups in total. The zero-order valence-electron chi connectivity index (χ0n) is 10.6. The second-order valence-electron chi connectivity index (χ2n) is 5.15. The van der Waals surface area contributed by atoms with Crippen molar-refractivity contribution in [3.05, 3.63) is 39.6 Å². The molecule has 1 aromatic heterocycles. The second kappa shape index (κ2) is 4.84. The minimum absolute atomic E-state index is 0.129. The minimum Gasteiger partial charge on any atom is -0.298 e. The molecule has 2 aromatic rings. The fourth-order valence-corrected chi connectivity index (χ4v) is 2.32. The van der Waals surface area contributed by atoms with Gasteiger partial charge in [-0.2, -0.15) is 5.10 Å². The number of rotatable bonds is 2. The SMILES string of the molecule is CC(C)(C)n1cc(C=O)c(-c2ccccc2I)n1. The lowest BCUT2D eigenvalue weighted by atomic mass is 10.1. The van der Waals surface area contributed by atoms with Crippen LogP contribution in [0.15, 0.2) is 30.5 Å². The maximum atomic E-state index is 11.2. The molecule has 0 aliphatic carbocycles. The largest absolute Gasteiger partial charge is 0.298 e. The quantitative estimate of drug-likeness (QED) is 0.609. The van der Waals surface area contributed by atoms with Gasteiger partial charge in [0.25, 0.3) is 0 Å². The van der Waals surface area contributed by atoms with Crippen molar-refractivity contribution < 1.29 is 4.79 Å². The van der Waals surface area contributed by atoms with Gasteiger partial charge >= 0.3 is 0 Å². The van der Waals surface area contributed by atoms with Crippen molar-refractivity contribution in [3.63, 3.8) is 0 Å². The van der Waals surface area contributed by atoms with E-state index < -0.39 is 0 Å². The summed E-state index contributed by atoms with van der Waals surface area (Å²) in [6.45, 7) is 6.19. The van der Waals surface area contributed by atoms with Gasteiger partial charge in [-0.05, 0) is 49.4 Å². The highest BCUT2D eigenvalue weighted by Gasteiger charge is 2.19. The number of halogens is 1. The van der Waals surface area contributed by atoms with Crippen LogP contribution in [0.1, 0.15) is 31.1 Å². The number of aromatic nitrogens is 2. The molecule has 0 spiro atoms. The summed E-state index contributed by atoms with van der Waals surface area (Å²) in [5, 5.41) is 4.56. The first kappa shape index (κ1) is 13.3. The third-order valence-electron chi connectivity index (χ3n) is 2.69. The van der Waals surface area contributed by atoms with Crippen LogP contribution in [0.5, 0.6) is 0 Å². The number of carbonyl (C=O) groups excluding carboxylic acids is 1. The van der Waals surface area contributed by atoms with E-state index in [0.29, 0.717) is 5.56 Å². The van der Waals surface area contributed by atoms with E-state index in [1.807, 2.05) is 35.1 Å². The highest BCUT2D eigenvalue weighted by atomic mass is 127. The summed E-state index contributed by atoms with van der Waals surface area (Å²) in [7, 11) is 0. The standard InChI is InChI=1S/C14H15IN2O/c1-14(2,3)17-8-10(9-18)13(16-17)11-6-4-5-7-12(11)15/h4-9H,1-3H3. The second-order valence-corrected chi connectivity index (χ2v) is 6.31. The Morgan fingerprint density at radius 2 is 1.94 bits per heavy atom. The van der Waals surface area contributed by atoms with E-state index in [-0.39, 0.29) is 5.54 Å². The van der Waals surface area contributed by atoms with Crippen molar-refractivity contribution in [2.45, 2.75) is 26.3 Å². The van der Waals surface area contributed by atoms with Crippen LogP contribution >= 0.6 is 22.6 Å². The summed E-state index contributed by atoms with van der Waals surface area (Å²) >= 11 is 2.26. The average molecular weight is 354 g/mol. The smallest absolute Gasteiger partial charge is 0.153 e. The Labute approximate surface area is 120 Å². The van der Waals surface area contributed by atoms with E-state index in [9.17, 15) is 4.79 Å². The predicted octanol–water partition coefficient (Wildman–Crippen LogP) is 3.72. The Morgan fingerprint density at radius 3 is 2.50 bits per heavy atom. The Hall–Kier alpha value is -1.17. The van der Waals surface area contributed by atoms with Gasteiger partial charge in [0.05, 0.1) is 11.1 Å². The lowest BCUT2D eigenvalue weighted by Gasteiger charge is -2.18. The number of hydrogen-bond acceptors (Lipinski definition) is 2. The topological polar surface area (TPSA) is 34.9 Å². The van der Waals surface area contributed by atoms with Crippen molar-refractivity contribution in [2.24, 2.45) is 0 Å². The zero-order valence-corrected chi connectivity index (χ0v) is 12.8. The highest BCUT2D eigenvalue weighted by molar-refractivity contribution is 14.1. The number of hydrogen-bond donors (Lipinski definition) is 0. The maximum absolute atomic E-state index is 11.2. The average Bonchev–Trinajstić information content (AvgIpc) is 2.73. The molecule has 0 radical (unpaired) electrons. The first-order valence-corrected chi connectivity index (χ1v) is 6.81. The van der Waals surface area contributed by atoms with E-state index in [1.165, 1.54) is 0 Å². The van der Waals surface area contributed by atoms with Crippen LogP contribution in [0, 0.1) is 3.57 Å². The van der Waals surface area contributed by atoms with Gasteiger partial charge in [-0.3, -0.25) is 9.48 Å². The number of benzene rings is 1. The number of nitrogens with zero attached hydrogens (tertiary/aromatic N) is 2. The van der Waals surface area contributed by atoms with Crippen LogP contribution < -0.4 is 0 Å². The van der Waals surface area contributed by atoms with E-state index in [2.05, 4.69) is 48.5 Å². The van der Waals surface area contributed by atoms with E-state index >= 15 is 0 Å². The zero-order chi connectivity index (χ0) is 13.3.